The molecule has 0 aliphatic carbocycles. The van der Waals surface area contributed by atoms with Crippen LogP contribution in [0.25, 0.3) is 11.0 Å². The minimum Gasteiger partial charge on any atom is -0.356 e. The maximum absolute atomic E-state index is 11.5. The third-order valence-corrected chi connectivity index (χ3v) is 2.90. The molecule has 3 rings (SSSR count). The Kier molecular flexibility index (Phi) is 1.79. The number of nitrogens with zero attached hydrogens (tertiary/aromatic N) is 2. The number of nitrogens with two attached hydrogens (primary N) is 1. The number of carbonyl (C=O) groups excluding carboxylic acids is 1. The van der Waals surface area contributed by atoms with Crippen LogP contribution in [0.2, 0.25) is 0 Å². The van der Waals surface area contributed by atoms with Crippen molar-refractivity contribution >= 4 is 22.6 Å². The van der Waals surface area contributed by atoms with Gasteiger partial charge >= 0.3 is 0 Å². The van der Waals surface area contributed by atoms with Crippen molar-refractivity contribution in [3.8, 4) is 0 Å². The van der Waals surface area contributed by atoms with E-state index < -0.39 is 0 Å². The molecule has 1 atom stereocenters. The molecule has 1 aromatic heterocycles. The molecule has 2 aromatic rings. The normalized spacial score (nSPS) is 19.1. The molecule has 1 amide bonds. The molecule has 0 fully saturated rings. The number of amides is 1. The number of anilines is 1. The summed E-state index contributed by atoms with van der Waals surface area (Å²) in [7, 11) is 0. The second-order valence-electron chi connectivity index (χ2n) is 3.98. The molecule has 0 spiro atoms. The predicted molar refractivity (Wildman–Crippen MR) is 59.0 cm³/mol. The quantitative estimate of drug-likeness (QED) is 0.719. The van der Waals surface area contributed by atoms with Crippen molar-refractivity contribution < 1.29 is 9.32 Å². The van der Waals surface area contributed by atoms with E-state index in [1.54, 1.807) is 4.90 Å². The molecule has 1 aliphatic heterocycles. The summed E-state index contributed by atoms with van der Waals surface area (Å²) in [5.41, 5.74) is 8.28. The van der Waals surface area contributed by atoms with E-state index in [4.69, 9.17) is 10.3 Å². The maximum atomic E-state index is 11.5. The summed E-state index contributed by atoms with van der Waals surface area (Å²) < 4.78 is 5.16. The summed E-state index contributed by atoms with van der Waals surface area (Å²) in [6, 6.07) is 5.26. The average Bonchev–Trinajstić information content (AvgIpc) is 2.64. The highest BCUT2D eigenvalue weighted by atomic mass is 16.5. The van der Waals surface area contributed by atoms with Crippen molar-refractivity contribution in [2.45, 2.75) is 13.0 Å². The number of benzene rings is 1. The summed E-state index contributed by atoms with van der Waals surface area (Å²) in [5.74, 6) is -0.0168. The number of rotatable bonds is 0. The molecule has 0 saturated carbocycles. The predicted octanol–water partition coefficient (Wildman–Crippen LogP) is 1.19. The van der Waals surface area contributed by atoms with Gasteiger partial charge in [-0.1, -0.05) is 5.16 Å². The molecule has 5 heteroatoms. The molecular weight excluding hydrogens is 206 g/mol. The minimum absolute atomic E-state index is 0.0168. The second-order valence-corrected chi connectivity index (χ2v) is 3.98. The van der Waals surface area contributed by atoms with Crippen LogP contribution in [0, 0.1) is 0 Å². The zero-order valence-corrected chi connectivity index (χ0v) is 8.80. The number of carbonyl (C=O) groups is 1. The maximum Gasteiger partial charge on any atom is 0.223 e. The zero-order chi connectivity index (χ0) is 11.3. The van der Waals surface area contributed by atoms with Crippen molar-refractivity contribution in [2.24, 2.45) is 5.73 Å². The zero-order valence-electron chi connectivity index (χ0n) is 8.80. The molecule has 0 saturated heterocycles. The number of fused-ring (bicyclic) bond motifs is 1. The molecule has 82 valence electrons. The molecule has 1 aliphatic rings. The highest BCUT2D eigenvalue weighted by Gasteiger charge is 2.25. The van der Waals surface area contributed by atoms with Gasteiger partial charge in [-0.2, -0.15) is 0 Å². The highest BCUT2D eigenvalue weighted by molar-refractivity contribution is 5.95. The first kappa shape index (κ1) is 9.35. The van der Waals surface area contributed by atoms with Gasteiger partial charge < -0.3 is 15.2 Å². The van der Waals surface area contributed by atoms with Crippen LogP contribution in [0.3, 0.4) is 0 Å². The number of aromatic nitrogens is 1. The monoisotopic (exact) mass is 217 g/mol. The van der Waals surface area contributed by atoms with Gasteiger partial charge in [0.25, 0.3) is 0 Å². The van der Waals surface area contributed by atoms with E-state index in [2.05, 4.69) is 5.16 Å². The first-order chi connectivity index (χ1) is 7.66. The lowest BCUT2D eigenvalue weighted by Crippen LogP contribution is -2.34. The van der Waals surface area contributed by atoms with Gasteiger partial charge in [0, 0.05) is 24.5 Å². The Morgan fingerprint density at radius 3 is 3.19 bits per heavy atom. The summed E-state index contributed by atoms with van der Waals surface area (Å²) in [4.78, 5) is 13.2. The van der Waals surface area contributed by atoms with Gasteiger partial charge in [0.2, 0.25) is 5.91 Å². The fraction of sp³-hybridized carbons (Fsp3) is 0.273. The smallest absolute Gasteiger partial charge is 0.223 e. The van der Waals surface area contributed by atoms with Crippen LogP contribution in [0.5, 0.6) is 0 Å². The molecule has 2 N–H and O–H groups in total. The molecule has 1 aromatic carbocycles. The Morgan fingerprint density at radius 2 is 2.44 bits per heavy atom. The number of hydrogen-bond acceptors (Lipinski definition) is 4. The van der Waals surface area contributed by atoms with Gasteiger partial charge in [0.1, 0.15) is 5.69 Å². The van der Waals surface area contributed by atoms with Gasteiger partial charge in [-0.25, -0.2) is 0 Å². The van der Waals surface area contributed by atoms with Crippen molar-refractivity contribution in [2.75, 3.05) is 11.4 Å². The van der Waals surface area contributed by atoms with Crippen LogP contribution in [-0.2, 0) is 4.79 Å². The molecule has 5 nitrogen and oxygen atoms in total. The van der Waals surface area contributed by atoms with Crippen LogP contribution < -0.4 is 10.6 Å². The van der Waals surface area contributed by atoms with Crippen molar-refractivity contribution in [3.05, 3.63) is 23.9 Å². The Hall–Kier alpha value is -1.88. The van der Waals surface area contributed by atoms with E-state index in [1.807, 2.05) is 18.2 Å². The summed E-state index contributed by atoms with van der Waals surface area (Å²) in [5, 5.41) is 4.85. The first-order valence-electron chi connectivity index (χ1n) is 5.10. The molecule has 16 heavy (non-hydrogen) atoms. The molecule has 0 radical (unpaired) electrons. The van der Waals surface area contributed by atoms with Gasteiger partial charge in [-0.15, -0.1) is 0 Å². The lowest BCUT2D eigenvalue weighted by atomic mass is 10.1. The molecule has 1 unspecified atom stereocenters. The van der Waals surface area contributed by atoms with E-state index in [-0.39, 0.29) is 11.9 Å². The van der Waals surface area contributed by atoms with Crippen LogP contribution in [-0.4, -0.2) is 17.6 Å². The van der Waals surface area contributed by atoms with Gasteiger partial charge in [0.15, 0.2) is 5.58 Å². The van der Waals surface area contributed by atoms with E-state index in [0.717, 1.165) is 16.8 Å². The fourth-order valence-electron chi connectivity index (χ4n) is 2.08. The summed E-state index contributed by atoms with van der Waals surface area (Å²) in [6.07, 6.45) is 0. The van der Waals surface area contributed by atoms with Crippen molar-refractivity contribution in [1.29, 1.82) is 0 Å². The Bertz CT molecular complexity index is 576. The molecular formula is C11H11N3O2. The Balaban J connectivity index is 2.27. The van der Waals surface area contributed by atoms with Crippen molar-refractivity contribution in [3.63, 3.8) is 0 Å². The van der Waals surface area contributed by atoms with Crippen LogP contribution in [0.1, 0.15) is 18.7 Å². The van der Waals surface area contributed by atoms with E-state index in [1.165, 1.54) is 6.92 Å². The lowest BCUT2D eigenvalue weighted by molar-refractivity contribution is -0.116. The third kappa shape index (κ3) is 1.15. The SMILES string of the molecule is CC(=O)N1CC(N)c2noc3ccc1cc23. The minimum atomic E-state index is -0.301. The van der Waals surface area contributed by atoms with Crippen LogP contribution in [0.15, 0.2) is 22.7 Å². The Morgan fingerprint density at radius 1 is 1.62 bits per heavy atom. The molecule has 2 heterocycles. The molecule has 2 bridgehead atoms. The number of hydrogen-bond donors (Lipinski definition) is 1. The largest absolute Gasteiger partial charge is 0.356 e. The van der Waals surface area contributed by atoms with E-state index in [0.29, 0.717) is 12.1 Å². The van der Waals surface area contributed by atoms with Gasteiger partial charge in [-0.3, -0.25) is 4.79 Å². The fourth-order valence-corrected chi connectivity index (χ4v) is 2.08. The van der Waals surface area contributed by atoms with E-state index in [9.17, 15) is 4.79 Å². The van der Waals surface area contributed by atoms with Crippen molar-refractivity contribution in [1.82, 2.24) is 5.16 Å². The topological polar surface area (TPSA) is 72.4 Å². The highest BCUT2D eigenvalue weighted by Crippen LogP contribution is 2.31. The van der Waals surface area contributed by atoms with Gasteiger partial charge in [-0.05, 0) is 18.2 Å². The Labute approximate surface area is 91.8 Å². The van der Waals surface area contributed by atoms with Gasteiger partial charge in [0.05, 0.1) is 6.04 Å². The first-order valence-corrected chi connectivity index (χ1v) is 5.10. The second kappa shape index (κ2) is 3.05. The summed E-state index contributed by atoms with van der Waals surface area (Å²) >= 11 is 0. The van der Waals surface area contributed by atoms with Crippen LogP contribution >= 0.6 is 0 Å². The van der Waals surface area contributed by atoms with Crippen LogP contribution in [0.4, 0.5) is 5.69 Å². The van der Waals surface area contributed by atoms with E-state index >= 15 is 0 Å². The standard InChI is InChI=1S/C11H11N3O2/c1-6(15)14-5-9(12)11-8-4-7(14)2-3-10(8)16-13-11/h2-4,9H,5,12H2,1H3. The lowest BCUT2D eigenvalue weighted by Gasteiger charge is -2.21. The third-order valence-electron chi connectivity index (χ3n) is 2.90. The summed E-state index contributed by atoms with van der Waals surface area (Å²) in [6.45, 7) is 1.97. The average molecular weight is 217 g/mol.